The summed E-state index contributed by atoms with van der Waals surface area (Å²) in [6.45, 7) is 2.32. The molecule has 0 radical (unpaired) electrons. The summed E-state index contributed by atoms with van der Waals surface area (Å²) < 4.78 is 4.77. The molecule has 0 spiro atoms. The molecule has 0 aromatic carbocycles. The molecule has 2 rings (SSSR count). The molecule has 1 N–H and O–H groups in total. The van der Waals surface area contributed by atoms with Gasteiger partial charge < -0.3 is 10.1 Å². The highest BCUT2D eigenvalue weighted by atomic mass is 16.6. The fraction of sp³-hybridized carbons (Fsp3) is 0.333. The van der Waals surface area contributed by atoms with Crippen LogP contribution in [0.15, 0.2) is 18.3 Å². The highest BCUT2D eigenvalue weighted by Gasteiger charge is 2.23. The van der Waals surface area contributed by atoms with Crippen LogP contribution in [-0.4, -0.2) is 17.7 Å². The Morgan fingerprint density at radius 2 is 2.46 bits per heavy atom. The lowest BCUT2D eigenvalue weighted by Gasteiger charge is -2.06. The van der Waals surface area contributed by atoms with E-state index in [0.717, 1.165) is 11.3 Å². The zero-order valence-corrected chi connectivity index (χ0v) is 7.28. The standard InChI is InChI=1S/C9H10N2O2/c1-6-2-3-7(4-10-6)8-5-13-9(12)11-8/h2-4,8H,5H2,1H3,(H,11,12). The van der Waals surface area contributed by atoms with Gasteiger partial charge in [-0.3, -0.25) is 4.98 Å². The minimum absolute atomic E-state index is 0.0411. The van der Waals surface area contributed by atoms with Gasteiger partial charge in [-0.05, 0) is 18.6 Å². The Labute approximate surface area is 75.9 Å². The first-order valence-corrected chi connectivity index (χ1v) is 4.11. The van der Waals surface area contributed by atoms with Crippen molar-refractivity contribution in [2.75, 3.05) is 6.61 Å². The van der Waals surface area contributed by atoms with E-state index in [1.807, 2.05) is 19.1 Å². The molecule has 0 bridgehead atoms. The largest absolute Gasteiger partial charge is 0.447 e. The molecule has 13 heavy (non-hydrogen) atoms. The van der Waals surface area contributed by atoms with Crippen molar-refractivity contribution in [1.29, 1.82) is 0 Å². The molecule has 0 saturated carbocycles. The van der Waals surface area contributed by atoms with E-state index in [1.54, 1.807) is 6.20 Å². The molecule has 1 aromatic heterocycles. The highest BCUT2D eigenvalue weighted by molar-refractivity contribution is 5.70. The van der Waals surface area contributed by atoms with Crippen LogP contribution >= 0.6 is 0 Å². The van der Waals surface area contributed by atoms with Crippen LogP contribution in [0.4, 0.5) is 4.79 Å². The zero-order chi connectivity index (χ0) is 9.26. The van der Waals surface area contributed by atoms with Gasteiger partial charge in [-0.25, -0.2) is 4.79 Å². The van der Waals surface area contributed by atoms with Crippen LogP contribution in [0.2, 0.25) is 0 Å². The fourth-order valence-electron chi connectivity index (χ4n) is 1.25. The maximum absolute atomic E-state index is 10.7. The minimum atomic E-state index is -0.356. The van der Waals surface area contributed by atoms with Crippen molar-refractivity contribution in [1.82, 2.24) is 10.3 Å². The number of alkyl carbamates (subject to hydrolysis) is 1. The van der Waals surface area contributed by atoms with Gasteiger partial charge in [0, 0.05) is 11.9 Å². The average Bonchev–Trinajstić information content (AvgIpc) is 2.53. The number of ether oxygens (including phenoxy) is 1. The fourth-order valence-corrected chi connectivity index (χ4v) is 1.25. The number of nitrogens with one attached hydrogen (secondary N) is 1. The predicted octanol–water partition coefficient (Wildman–Crippen LogP) is 1.17. The summed E-state index contributed by atoms with van der Waals surface area (Å²) in [4.78, 5) is 14.9. The first kappa shape index (κ1) is 8.04. The molecule has 1 aromatic rings. The number of carbonyl (C=O) groups excluding carboxylic acids is 1. The lowest BCUT2D eigenvalue weighted by molar-refractivity contribution is 0.177. The van der Waals surface area contributed by atoms with Crippen LogP contribution in [-0.2, 0) is 4.74 Å². The molecule has 68 valence electrons. The number of rotatable bonds is 1. The highest BCUT2D eigenvalue weighted by Crippen LogP contribution is 2.16. The molecule has 4 nitrogen and oxygen atoms in total. The van der Waals surface area contributed by atoms with E-state index in [-0.39, 0.29) is 12.1 Å². The summed E-state index contributed by atoms with van der Waals surface area (Å²) in [5.41, 5.74) is 1.95. The van der Waals surface area contributed by atoms with Crippen molar-refractivity contribution in [3.63, 3.8) is 0 Å². The van der Waals surface area contributed by atoms with Crippen LogP contribution in [0.5, 0.6) is 0 Å². The lowest BCUT2D eigenvalue weighted by Crippen LogP contribution is -2.18. The summed E-state index contributed by atoms with van der Waals surface area (Å²) in [6, 6.07) is 3.82. The molecule has 1 aliphatic rings. The molecule has 1 saturated heterocycles. The third-order valence-corrected chi connectivity index (χ3v) is 2.01. The second-order valence-electron chi connectivity index (χ2n) is 3.03. The van der Waals surface area contributed by atoms with Crippen molar-refractivity contribution < 1.29 is 9.53 Å². The monoisotopic (exact) mass is 178 g/mol. The van der Waals surface area contributed by atoms with Gasteiger partial charge in [0.1, 0.15) is 6.61 Å². The van der Waals surface area contributed by atoms with E-state index >= 15 is 0 Å². The van der Waals surface area contributed by atoms with Crippen LogP contribution < -0.4 is 5.32 Å². The Bertz CT molecular complexity index is 321. The van der Waals surface area contributed by atoms with Crippen molar-refractivity contribution in [3.05, 3.63) is 29.6 Å². The topological polar surface area (TPSA) is 51.2 Å². The minimum Gasteiger partial charge on any atom is -0.447 e. The Kier molecular flexibility index (Phi) is 1.88. The van der Waals surface area contributed by atoms with Gasteiger partial charge in [0.25, 0.3) is 0 Å². The third kappa shape index (κ3) is 1.61. The number of cyclic esters (lactones) is 1. The van der Waals surface area contributed by atoms with Crippen molar-refractivity contribution in [2.24, 2.45) is 0 Å². The molecule has 1 atom stereocenters. The van der Waals surface area contributed by atoms with Crippen LogP contribution in [0, 0.1) is 6.92 Å². The Morgan fingerprint density at radius 1 is 1.62 bits per heavy atom. The molecular weight excluding hydrogens is 168 g/mol. The van der Waals surface area contributed by atoms with Gasteiger partial charge in [-0.15, -0.1) is 0 Å². The quantitative estimate of drug-likeness (QED) is 0.702. The SMILES string of the molecule is Cc1ccc(C2COC(=O)N2)cn1. The average molecular weight is 178 g/mol. The molecule has 1 aliphatic heterocycles. The maximum atomic E-state index is 10.7. The van der Waals surface area contributed by atoms with Gasteiger partial charge in [0.15, 0.2) is 0 Å². The van der Waals surface area contributed by atoms with Gasteiger partial charge >= 0.3 is 6.09 Å². The predicted molar refractivity (Wildman–Crippen MR) is 46.2 cm³/mol. The van der Waals surface area contributed by atoms with Gasteiger partial charge in [0.2, 0.25) is 0 Å². The zero-order valence-electron chi connectivity index (χ0n) is 7.28. The molecule has 4 heteroatoms. The molecule has 1 unspecified atom stereocenters. The molecular formula is C9H10N2O2. The number of hydrogen-bond donors (Lipinski definition) is 1. The van der Waals surface area contributed by atoms with Crippen molar-refractivity contribution in [2.45, 2.75) is 13.0 Å². The molecule has 0 aliphatic carbocycles. The number of hydrogen-bond acceptors (Lipinski definition) is 3. The number of pyridine rings is 1. The Balaban J connectivity index is 2.17. The van der Waals surface area contributed by atoms with E-state index in [4.69, 9.17) is 4.74 Å². The van der Waals surface area contributed by atoms with E-state index in [2.05, 4.69) is 10.3 Å². The van der Waals surface area contributed by atoms with E-state index in [9.17, 15) is 4.79 Å². The molecule has 1 fully saturated rings. The van der Waals surface area contributed by atoms with Gasteiger partial charge in [0.05, 0.1) is 6.04 Å². The number of aromatic nitrogens is 1. The second-order valence-corrected chi connectivity index (χ2v) is 3.03. The normalized spacial score (nSPS) is 21.0. The van der Waals surface area contributed by atoms with Gasteiger partial charge in [-0.1, -0.05) is 6.07 Å². The summed E-state index contributed by atoms with van der Waals surface area (Å²) in [5, 5.41) is 2.69. The summed E-state index contributed by atoms with van der Waals surface area (Å²) in [5.74, 6) is 0. The molecule has 2 heterocycles. The van der Waals surface area contributed by atoms with Crippen LogP contribution in [0.1, 0.15) is 17.3 Å². The van der Waals surface area contributed by atoms with E-state index in [0.29, 0.717) is 6.61 Å². The van der Waals surface area contributed by atoms with Crippen molar-refractivity contribution >= 4 is 6.09 Å². The maximum Gasteiger partial charge on any atom is 0.407 e. The number of carbonyl (C=O) groups is 1. The first-order chi connectivity index (χ1) is 6.25. The number of nitrogens with zero attached hydrogens (tertiary/aromatic N) is 1. The first-order valence-electron chi connectivity index (χ1n) is 4.11. The van der Waals surface area contributed by atoms with E-state index < -0.39 is 0 Å². The summed E-state index contributed by atoms with van der Waals surface area (Å²) in [7, 11) is 0. The van der Waals surface area contributed by atoms with Crippen molar-refractivity contribution in [3.8, 4) is 0 Å². The summed E-state index contributed by atoms with van der Waals surface area (Å²) >= 11 is 0. The Hall–Kier alpha value is -1.58. The smallest absolute Gasteiger partial charge is 0.407 e. The second kappa shape index (κ2) is 3.05. The van der Waals surface area contributed by atoms with Crippen LogP contribution in [0.3, 0.4) is 0 Å². The van der Waals surface area contributed by atoms with Gasteiger partial charge in [-0.2, -0.15) is 0 Å². The Morgan fingerprint density at radius 3 is 3.00 bits per heavy atom. The van der Waals surface area contributed by atoms with Crippen LogP contribution in [0.25, 0.3) is 0 Å². The summed E-state index contributed by atoms with van der Waals surface area (Å²) in [6.07, 6.45) is 1.40. The van der Waals surface area contributed by atoms with E-state index in [1.165, 1.54) is 0 Å². The number of aryl methyl sites for hydroxylation is 1. The third-order valence-electron chi connectivity index (χ3n) is 2.01. The molecule has 1 amide bonds. The lowest BCUT2D eigenvalue weighted by atomic mass is 10.1. The number of amides is 1.